The maximum atomic E-state index is 12.7. The second-order valence-corrected chi connectivity index (χ2v) is 5.62. The number of nitro benzene ring substituents is 1. The van der Waals surface area contributed by atoms with Gasteiger partial charge in [0.25, 0.3) is 11.6 Å². The molecular formula is C14H19ClN4O3. The van der Waals surface area contributed by atoms with Gasteiger partial charge in [0, 0.05) is 30.3 Å². The molecule has 7 nitrogen and oxygen atoms in total. The monoisotopic (exact) mass is 326 g/mol. The number of carbonyl (C=O) groups excluding carboxylic acids is 1. The van der Waals surface area contributed by atoms with E-state index in [0.29, 0.717) is 5.56 Å². The Morgan fingerprint density at radius 1 is 1.32 bits per heavy atom. The lowest BCUT2D eigenvalue weighted by Crippen LogP contribution is -2.42. The second kappa shape index (κ2) is 6.50. The molecule has 1 aromatic carbocycles. The molecule has 2 aliphatic rings. The summed E-state index contributed by atoms with van der Waals surface area (Å²) in [6.07, 6.45) is 2.93. The number of benzene rings is 1. The third kappa shape index (κ3) is 2.86. The summed E-state index contributed by atoms with van der Waals surface area (Å²) in [6, 6.07) is 4.71. The number of hydrogen-bond acceptors (Lipinski definition) is 5. The van der Waals surface area contributed by atoms with Crippen molar-refractivity contribution in [3.05, 3.63) is 33.9 Å². The molecule has 2 atom stereocenters. The van der Waals surface area contributed by atoms with Crippen LogP contribution in [0, 0.1) is 10.1 Å². The zero-order valence-electron chi connectivity index (χ0n) is 12.0. The number of nitrogens with zero attached hydrogens (tertiary/aromatic N) is 2. The van der Waals surface area contributed by atoms with Crippen molar-refractivity contribution in [2.24, 2.45) is 0 Å². The SMILES string of the molecule is Cl.Nc1ccc(C(=O)N2C3CCNCC2CC3)cc1[N+](=O)[O-]. The Kier molecular flexibility index (Phi) is 4.87. The number of anilines is 1. The van der Waals surface area contributed by atoms with Crippen LogP contribution in [0.3, 0.4) is 0 Å². The van der Waals surface area contributed by atoms with Gasteiger partial charge < -0.3 is 16.0 Å². The molecule has 2 saturated heterocycles. The van der Waals surface area contributed by atoms with Gasteiger partial charge in [-0.1, -0.05) is 0 Å². The summed E-state index contributed by atoms with van der Waals surface area (Å²) in [7, 11) is 0. The summed E-state index contributed by atoms with van der Waals surface area (Å²) >= 11 is 0. The van der Waals surface area contributed by atoms with Crippen LogP contribution in [0.4, 0.5) is 11.4 Å². The third-order valence-electron chi connectivity index (χ3n) is 4.36. The number of fused-ring (bicyclic) bond motifs is 2. The minimum absolute atomic E-state index is 0. The summed E-state index contributed by atoms with van der Waals surface area (Å²) < 4.78 is 0. The van der Waals surface area contributed by atoms with E-state index in [2.05, 4.69) is 5.32 Å². The first kappa shape index (κ1) is 16.5. The molecule has 2 aliphatic heterocycles. The number of nitrogen functional groups attached to an aromatic ring is 1. The fourth-order valence-electron chi connectivity index (χ4n) is 3.30. The molecule has 3 N–H and O–H groups in total. The second-order valence-electron chi connectivity index (χ2n) is 5.62. The van der Waals surface area contributed by atoms with E-state index in [-0.39, 0.29) is 41.8 Å². The van der Waals surface area contributed by atoms with E-state index >= 15 is 0 Å². The molecule has 0 aliphatic carbocycles. The lowest BCUT2D eigenvalue weighted by atomic mass is 10.1. The quantitative estimate of drug-likeness (QED) is 0.488. The van der Waals surface area contributed by atoms with Gasteiger partial charge in [0.15, 0.2) is 0 Å². The summed E-state index contributed by atoms with van der Waals surface area (Å²) in [5.74, 6) is -0.130. The van der Waals surface area contributed by atoms with Crippen LogP contribution in [0.2, 0.25) is 0 Å². The van der Waals surface area contributed by atoms with Crippen molar-refractivity contribution < 1.29 is 9.72 Å². The number of nitrogens with one attached hydrogen (secondary N) is 1. The van der Waals surface area contributed by atoms with E-state index in [1.165, 1.54) is 12.1 Å². The van der Waals surface area contributed by atoms with Crippen LogP contribution < -0.4 is 11.1 Å². The number of carbonyl (C=O) groups is 1. The summed E-state index contributed by atoms with van der Waals surface area (Å²) in [6.45, 7) is 1.70. The molecule has 0 aromatic heterocycles. The molecule has 1 aromatic rings. The van der Waals surface area contributed by atoms with Gasteiger partial charge in [0.2, 0.25) is 0 Å². The Hall–Kier alpha value is -1.86. The Balaban J connectivity index is 0.00000176. The highest BCUT2D eigenvalue weighted by atomic mass is 35.5. The molecule has 1 amide bonds. The minimum atomic E-state index is -0.551. The smallest absolute Gasteiger partial charge is 0.292 e. The number of nitrogens with two attached hydrogens (primary N) is 1. The van der Waals surface area contributed by atoms with Gasteiger partial charge in [-0.15, -0.1) is 12.4 Å². The van der Waals surface area contributed by atoms with Crippen LogP contribution >= 0.6 is 12.4 Å². The van der Waals surface area contributed by atoms with Crippen molar-refractivity contribution in [1.82, 2.24) is 10.2 Å². The Morgan fingerprint density at radius 2 is 2.05 bits per heavy atom. The third-order valence-corrected chi connectivity index (χ3v) is 4.36. The zero-order chi connectivity index (χ0) is 15.0. The number of rotatable bonds is 2. The molecule has 2 bridgehead atoms. The topological polar surface area (TPSA) is 102 Å². The van der Waals surface area contributed by atoms with E-state index in [9.17, 15) is 14.9 Å². The maximum Gasteiger partial charge on any atom is 0.292 e. The van der Waals surface area contributed by atoms with Crippen molar-refractivity contribution in [2.75, 3.05) is 18.8 Å². The largest absolute Gasteiger partial charge is 0.393 e. The molecule has 120 valence electrons. The molecule has 0 saturated carbocycles. The lowest BCUT2D eigenvalue weighted by Gasteiger charge is -2.28. The van der Waals surface area contributed by atoms with Gasteiger partial charge in [0.05, 0.1) is 4.92 Å². The van der Waals surface area contributed by atoms with Gasteiger partial charge in [-0.3, -0.25) is 14.9 Å². The number of nitro groups is 1. The number of hydrogen-bond donors (Lipinski definition) is 2. The molecule has 3 rings (SSSR count). The van der Waals surface area contributed by atoms with Crippen molar-refractivity contribution in [3.63, 3.8) is 0 Å². The minimum Gasteiger partial charge on any atom is -0.393 e. The molecule has 2 unspecified atom stereocenters. The van der Waals surface area contributed by atoms with Crippen LogP contribution in [-0.4, -0.2) is 40.9 Å². The average Bonchev–Trinajstić information content (AvgIpc) is 2.71. The van der Waals surface area contributed by atoms with E-state index < -0.39 is 4.92 Å². The van der Waals surface area contributed by atoms with Crippen LogP contribution in [0.15, 0.2) is 18.2 Å². The van der Waals surface area contributed by atoms with E-state index in [4.69, 9.17) is 5.73 Å². The predicted molar refractivity (Wildman–Crippen MR) is 85.2 cm³/mol. The number of halogens is 1. The molecule has 0 spiro atoms. The zero-order valence-corrected chi connectivity index (χ0v) is 12.8. The lowest BCUT2D eigenvalue weighted by molar-refractivity contribution is -0.383. The number of amides is 1. The van der Waals surface area contributed by atoms with Crippen LogP contribution in [-0.2, 0) is 0 Å². The fraction of sp³-hybridized carbons (Fsp3) is 0.500. The van der Waals surface area contributed by atoms with Crippen molar-refractivity contribution >= 4 is 29.7 Å². The Labute approximate surface area is 134 Å². The highest BCUT2D eigenvalue weighted by Crippen LogP contribution is 2.31. The first-order chi connectivity index (χ1) is 10.1. The highest BCUT2D eigenvalue weighted by molar-refractivity contribution is 5.96. The summed E-state index contributed by atoms with van der Waals surface area (Å²) in [5, 5.41) is 14.3. The molecule has 22 heavy (non-hydrogen) atoms. The normalized spacial score (nSPS) is 23.5. The Morgan fingerprint density at radius 3 is 2.77 bits per heavy atom. The van der Waals surface area contributed by atoms with Crippen LogP contribution in [0.25, 0.3) is 0 Å². The van der Waals surface area contributed by atoms with Gasteiger partial charge in [-0.05, 0) is 37.9 Å². The van der Waals surface area contributed by atoms with Gasteiger partial charge in [0.1, 0.15) is 5.69 Å². The predicted octanol–water partition coefficient (Wildman–Crippen LogP) is 1.57. The van der Waals surface area contributed by atoms with E-state index in [1.54, 1.807) is 6.07 Å². The van der Waals surface area contributed by atoms with Crippen LogP contribution in [0.1, 0.15) is 29.6 Å². The van der Waals surface area contributed by atoms with Gasteiger partial charge >= 0.3 is 0 Å². The molecule has 8 heteroatoms. The first-order valence-electron chi connectivity index (χ1n) is 7.15. The standard InChI is InChI=1S/C14H18N4O3.ClH/c15-12-4-1-9(7-13(12)18(20)21)14(19)17-10-2-3-11(17)8-16-6-5-10;/h1,4,7,10-11,16H,2-3,5-6,8,15H2;1H. The molecule has 2 fully saturated rings. The maximum absolute atomic E-state index is 12.7. The molecule has 2 heterocycles. The van der Waals surface area contributed by atoms with Gasteiger partial charge in [-0.25, -0.2) is 0 Å². The first-order valence-corrected chi connectivity index (χ1v) is 7.15. The average molecular weight is 327 g/mol. The van der Waals surface area contributed by atoms with Gasteiger partial charge in [-0.2, -0.15) is 0 Å². The highest BCUT2D eigenvalue weighted by Gasteiger charge is 2.38. The fourth-order valence-corrected chi connectivity index (χ4v) is 3.30. The van der Waals surface area contributed by atoms with Crippen molar-refractivity contribution in [2.45, 2.75) is 31.3 Å². The molecule has 0 radical (unpaired) electrons. The van der Waals surface area contributed by atoms with Crippen molar-refractivity contribution in [3.8, 4) is 0 Å². The van der Waals surface area contributed by atoms with E-state index in [1.807, 2.05) is 4.90 Å². The molecular weight excluding hydrogens is 308 g/mol. The van der Waals surface area contributed by atoms with E-state index in [0.717, 1.165) is 32.4 Å². The Bertz CT molecular complexity index is 581. The summed E-state index contributed by atoms with van der Waals surface area (Å²) in [4.78, 5) is 25.0. The van der Waals surface area contributed by atoms with Crippen molar-refractivity contribution in [1.29, 1.82) is 0 Å². The van der Waals surface area contributed by atoms with Crippen LogP contribution in [0.5, 0.6) is 0 Å². The summed E-state index contributed by atoms with van der Waals surface area (Å²) in [5.41, 5.74) is 5.80.